The summed E-state index contributed by atoms with van der Waals surface area (Å²) in [6.07, 6.45) is 14.9. The molecule has 110 valence electrons. The van der Waals surface area contributed by atoms with Crippen LogP contribution in [0.25, 0.3) is 0 Å². The van der Waals surface area contributed by atoms with E-state index >= 15 is 0 Å². The van der Waals surface area contributed by atoms with Crippen molar-refractivity contribution in [1.82, 2.24) is 9.34 Å². The predicted octanol–water partition coefficient (Wildman–Crippen LogP) is 4.97. The van der Waals surface area contributed by atoms with Gasteiger partial charge >= 0.3 is 0 Å². The van der Waals surface area contributed by atoms with E-state index in [2.05, 4.69) is 28.2 Å². The average Bonchev–Trinajstić information content (AvgIpc) is 2.49. The van der Waals surface area contributed by atoms with Gasteiger partial charge in [0.15, 0.2) is 0 Å². The topological polar surface area (TPSA) is 6.48 Å². The van der Waals surface area contributed by atoms with Crippen LogP contribution in [-0.2, 0) is 0 Å². The summed E-state index contributed by atoms with van der Waals surface area (Å²) in [6.45, 7) is 7.62. The van der Waals surface area contributed by atoms with E-state index in [0.717, 1.165) is 0 Å². The highest BCUT2D eigenvalue weighted by Crippen LogP contribution is 2.48. The molecule has 0 aromatic heterocycles. The van der Waals surface area contributed by atoms with Gasteiger partial charge in [-0.2, -0.15) is 0 Å². The van der Waals surface area contributed by atoms with E-state index in [-0.39, 0.29) is 8.22 Å². The van der Waals surface area contributed by atoms with Crippen molar-refractivity contribution < 1.29 is 0 Å². The van der Waals surface area contributed by atoms with E-state index in [0.29, 0.717) is 0 Å². The molecule has 0 N–H and O–H groups in total. The fourth-order valence-corrected chi connectivity index (χ4v) is 5.48. The van der Waals surface area contributed by atoms with Crippen LogP contribution in [0.4, 0.5) is 0 Å². The first-order valence-electron chi connectivity index (χ1n) is 8.37. The van der Waals surface area contributed by atoms with Gasteiger partial charge < -0.3 is 0 Å². The maximum absolute atomic E-state index is 2.78. The van der Waals surface area contributed by atoms with E-state index in [1.54, 1.807) is 0 Å². The summed E-state index contributed by atoms with van der Waals surface area (Å²) in [4.78, 5) is 0. The molecule has 0 aromatic carbocycles. The molecule has 0 amide bonds. The standard InChI is InChI=1S/C16H31N2P/c1-2-3-4-11-16-19(17-12-7-5-8-13-17)18-14-9-6-10-15-18/h11,16H,2-10,12-15H2,1H3. The Kier molecular flexibility index (Phi) is 7.42. The molecule has 0 radical (unpaired) electrons. The lowest BCUT2D eigenvalue weighted by Crippen LogP contribution is -2.34. The van der Waals surface area contributed by atoms with Crippen LogP contribution in [0.15, 0.2) is 11.9 Å². The van der Waals surface area contributed by atoms with Crippen LogP contribution in [0, 0.1) is 0 Å². The molecule has 2 aliphatic rings. The van der Waals surface area contributed by atoms with Gasteiger partial charge in [-0.05, 0) is 37.9 Å². The lowest BCUT2D eigenvalue weighted by molar-refractivity contribution is 0.314. The first-order chi connectivity index (χ1) is 9.42. The molecular formula is C16H31N2P. The molecule has 2 aliphatic heterocycles. The van der Waals surface area contributed by atoms with Gasteiger partial charge in [-0.25, -0.2) is 0 Å². The Morgan fingerprint density at radius 1 is 0.842 bits per heavy atom. The first kappa shape index (κ1) is 15.5. The molecule has 0 atom stereocenters. The molecule has 2 heterocycles. The van der Waals surface area contributed by atoms with Crippen LogP contribution >= 0.6 is 8.22 Å². The molecule has 0 aromatic rings. The summed E-state index contributed by atoms with van der Waals surface area (Å²) < 4.78 is 5.57. The second kappa shape index (κ2) is 9.10. The highest BCUT2D eigenvalue weighted by molar-refractivity contribution is 7.56. The number of allylic oxidation sites excluding steroid dienone is 1. The lowest BCUT2D eigenvalue weighted by Gasteiger charge is -2.41. The second-order valence-electron chi connectivity index (χ2n) is 5.88. The Hall–Kier alpha value is 0.0900. The minimum absolute atomic E-state index is 0.127. The monoisotopic (exact) mass is 282 g/mol. The van der Waals surface area contributed by atoms with Crippen LogP contribution in [0.3, 0.4) is 0 Å². The second-order valence-corrected chi connectivity index (χ2v) is 7.95. The molecule has 2 rings (SSSR count). The third-order valence-electron chi connectivity index (χ3n) is 4.21. The van der Waals surface area contributed by atoms with Crippen molar-refractivity contribution in [2.45, 2.75) is 64.7 Å². The normalized spacial score (nSPS) is 23.5. The maximum Gasteiger partial charge on any atom is 0.0644 e. The van der Waals surface area contributed by atoms with Crippen molar-refractivity contribution in [1.29, 1.82) is 0 Å². The van der Waals surface area contributed by atoms with Crippen LogP contribution < -0.4 is 0 Å². The molecule has 19 heavy (non-hydrogen) atoms. The van der Waals surface area contributed by atoms with E-state index < -0.39 is 0 Å². The highest BCUT2D eigenvalue weighted by Gasteiger charge is 2.25. The van der Waals surface area contributed by atoms with E-state index in [9.17, 15) is 0 Å². The van der Waals surface area contributed by atoms with Crippen molar-refractivity contribution in [3.05, 3.63) is 11.9 Å². The van der Waals surface area contributed by atoms with Gasteiger partial charge in [0.25, 0.3) is 0 Å². The summed E-state index contributed by atoms with van der Waals surface area (Å²) >= 11 is 0. The van der Waals surface area contributed by atoms with Gasteiger partial charge in [0.1, 0.15) is 0 Å². The van der Waals surface area contributed by atoms with Crippen LogP contribution in [0.1, 0.15) is 64.7 Å². The van der Waals surface area contributed by atoms with E-state index in [1.807, 2.05) is 0 Å². The highest BCUT2D eigenvalue weighted by atomic mass is 31.1. The van der Waals surface area contributed by atoms with Gasteiger partial charge in [0.2, 0.25) is 0 Å². The van der Waals surface area contributed by atoms with Crippen molar-refractivity contribution >= 4 is 8.22 Å². The smallest absolute Gasteiger partial charge is 0.0644 e. The van der Waals surface area contributed by atoms with Crippen LogP contribution in [0.2, 0.25) is 0 Å². The summed E-state index contributed by atoms with van der Waals surface area (Å²) in [5.74, 6) is 2.57. The molecular weight excluding hydrogens is 251 g/mol. The number of rotatable bonds is 6. The third kappa shape index (κ3) is 5.17. The molecule has 2 nitrogen and oxygen atoms in total. The Morgan fingerprint density at radius 2 is 1.37 bits per heavy atom. The van der Waals surface area contributed by atoms with E-state index in [4.69, 9.17) is 0 Å². The molecule has 3 heteroatoms. The lowest BCUT2D eigenvalue weighted by atomic mass is 10.2. The van der Waals surface area contributed by atoms with Gasteiger partial charge in [0.05, 0.1) is 8.22 Å². The Bertz CT molecular complexity index is 237. The zero-order chi connectivity index (χ0) is 13.3. The van der Waals surface area contributed by atoms with Gasteiger partial charge in [0, 0.05) is 26.2 Å². The number of nitrogens with zero attached hydrogens (tertiary/aromatic N) is 2. The molecule has 2 fully saturated rings. The molecule has 0 bridgehead atoms. The molecule has 0 unspecified atom stereocenters. The van der Waals surface area contributed by atoms with Crippen molar-refractivity contribution in [3.63, 3.8) is 0 Å². The van der Waals surface area contributed by atoms with Crippen LogP contribution in [-0.4, -0.2) is 35.5 Å². The quantitative estimate of drug-likeness (QED) is 0.501. The first-order valence-corrected chi connectivity index (χ1v) is 9.69. The summed E-state index contributed by atoms with van der Waals surface area (Å²) in [6, 6.07) is 0. The summed E-state index contributed by atoms with van der Waals surface area (Å²) in [5, 5.41) is 0. The van der Waals surface area contributed by atoms with Crippen molar-refractivity contribution in [3.8, 4) is 0 Å². The largest absolute Gasteiger partial charge is 0.267 e. The number of unbranched alkanes of at least 4 members (excludes halogenated alkanes) is 2. The van der Waals surface area contributed by atoms with Gasteiger partial charge in [-0.1, -0.05) is 38.7 Å². The zero-order valence-electron chi connectivity index (χ0n) is 12.7. The average molecular weight is 282 g/mol. The summed E-state index contributed by atoms with van der Waals surface area (Å²) in [7, 11) is -0.127. The van der Waals surface area contributed by atoms with Gasteiger partial charge in [-0.3, -0.25) is 9.34 Å². The maximum atomic E-state index is 2.78. The predicted molar refractivity (Wildman–Crippen MR) is 86.4 cm³/mol. The Balaban J connectivity index is 1.92. The van der Waals surface area contributed by atoms with Crippen molar-refractivity contribution in [2.75, 3.05) is 26.2 Å². The Labute approximate surface area is 121 Å². The van der Waals surface area contributed by atoms with Crippen LogP contribution in [0.5, 0.6) is 0 Å². The molecule has 2 saturated heterocycles. The molecule has 0 aliphatic carbocycles. The zero-order valence-corrected chi connectivity index (χ0v) is 13.6. The minimum Gasteiger partial charge on any atom is -0.267 e. The number of piperidine rings is 2. The SMILES string of the molecule is CCCCC=CP(N1CCCCC1)N1CCCCC1. The fourth-order valence-electron chi connectivity index (χ4n) is 3.02. The Morgan fingerprint density at radius 3 is 1.84 bits per heavy atom. The third-order valence-corrected chi connectivity index (χ3v) is 6.64. The van der Waals surface area contributed by atoms with E-state index in [1.165, 1.54) is 84.0 Å². The number of hydrogen-bond acceptors (Lipinski definition) is 2. The summed E-state index contributed by atoms with van der Waals surface area (Å²) in [5.41, 5.74) is 0. The number of hydrogen-bond donors (Lipinski definition) is 0. The van der Waals surface area contributed by atoms with Gasteiger partial charge in [-0.15, -0.1) is 0 Å². The molecule has 0 spiro atoms. The van der Waals surface area contributed by atoms with Crippen molar-refractivity contribution in [2.24, 2.45) is 0 Å². The minimum atomic E-state index is -0.127. The fraction of sp³-hybridized carbons (Fsp3) is 0.875. The molecule has 0 saturated carbocycles.